The van der Waals surface area contributed by atoms with Crippen molar-refractivity contribution in [1.29, 1.82) is 0 Å². The van der Waals surface area contributed by atoms with Gasteiger partial charge in [0, 0.05) is 5.56 Å². The zero-order chi connectivity index (χ0) is 19.6. The fraction of sp³-hybridized carbons (Fsp3) is 0.167. The number of nitrogens with one attached hydrogen (secondary N) is 2. The van der Waals surface area contributed by atoms with E-state index in [4.69, 9.17) is 25.8 Å². The van der Waals surface area contributed by atoms with Crippen molar-refractivity contribution in [2.24, 2.45) is 0 Å². The third-order valence-electron chi connectivity index (χ3n) is 3.22. The highest BCUT2D eigenvalue weighted by atomic mass is 35.5. The van der Waals surface area contributed by atoms with Gasteiger partial charge in [0.1, 0.15) is 12.0 Å². The van der Waals surface area contributed by atoms with Gasteiger partial charge in [0.2, 0.25) is 0 Å². The third kappa shape index (κ3) is 6.19. The quantitative estimate of drug-likeness (QED) is 0.524. The van der Waals surface area contributed by atoms with Crippen molar-refractivity contribution in [2.45, 2.75) is 0 Å². The Morgan fingerprint density at radius 3 is 2.19 bits per heavy atom. The number of aldehydes is 1. The Morgan fingerprint density at radius 2 is 1.59 bits per heavy atom. The van der Waals surface area contributed by atoms with Gasteiger partial charge >= 0.3 is 0 Å². The van der Waals surface area contributed by atoms with E-state index in [-0.39, 0.29) is 19.0 Å². The zero-order valence-corrected chi connectivity index (χ0v) is 15.1. The lowest BCUT2D eigenvalue weighted by Crippen LogP contribution is -2.45. The normalized spacial score (nSPS) is 9.85. The molecule has 2 amide bonds. The van der Waals surface area contributed by atoms with E-state index in [0.717, 1.165) is 0 Å². The molecule has 0 radical (unpaired) electrons. The average molecular weight is 393 g/mol. The van der Waals surface area contributed by atoms with Crippen LogP contribution < -0.4 is 25.1 Å². The second kappa shape index (κ2) is 10.0. The molecule has 0 bridgehead atoms. The zero-order valence-electron chi connectivity index (χ0n) is 14.4. The van der Waals surface area contributed by atoms with Crippen LogP contribution in [0, 0.1) is 0 Å². The fourth-order valence-corrected chi connectivity index (χ4v) is 2.13. The summed E-state index contributed by atoms with van der Waals surface area (Å²) in [6.07, 6.45) is 0.666. The summed E-state index contributed by atoms with van der Waals surface area (Å²) < 4.78 is 15.6. The third-order valence-corrected chi connectivity index (χ3v) is 3.53. The van der Waals surface area contributed by atoms with Gasteiger partial charge in [0.25, 0.3) is 11.8 Å². The molecule has 0 saturated carbocycles. The molecule has 2 aromatic carbocycles. The number of carbonyl (C=O) groups excluding carboxylic acids is 3. The summed E-state index contributed by atoms with van der Waals surface area (Å²) in [7, 11) is 1.41. The number of hydrogen-bond donors (Lipinski definition) is 2. The SMILES string of the molecule is COc1cc(C=O)ccc1OCC(=O)NNC(=O)COc1ccccc1Cl. The molecule has 9 heteroatoms. The van der Waals surface area contributed by atoms with Crippen molar-refractivity contribution in [1.82, 2.24) is 10.9 Å². The molecule has 2 aromatic rings. The van der Waals surface area contributed by atoms with Crippen LogP contribution in [0.5, 0.6) is 17.2 Å². The van der Waals surface area contributed by atoms with E-state index < -0.39 is 11.8 Å². The van der Waals surface area contributed by atoms with Crippen LogP contribution in [0.25, 0.3) is 0 Å². The fourth-order valence-electron chi connectivity index (χ4n) is 1.94. The Hall–Kier alpha value is -3.26. The van der Waals surface area contributed by atoms with Crippen molar-refractivity contribution in [3.8, 4) is 17.2 Å². The van der Waals surface area contributed by atoms with Crippen LogP contribution in [0.2, 0.25) is 5.02 Å². The summed E-state index contributed by atoms with van der Waals surface area (Å²) in [5.41, 5.74) is 4.79. The molecular weight excluding hydrogens is 376 g/mol. The van der Waals surface area contributed by atoms with E-state index in [2.05, 4.69) is 10.9 Å². The first-order chi connectivity index (χ1) is 13.0. The van der Waals surface area contributed by atoms with Crippen molar-refractivity contribution in [3.63, 3.8) is 0 Å². The van der Waals surface area contributed by atoms with Gasteiger partial charge in [-0.05, 0) is 30.3 Å². The van der Waals surface area contributed by atoms with Crippen molar-refractivity contribution in [2.75, 3.05) is 20.3 Å². The standard InChI is InChI=1S/C18H17ClN2O6/c1-25-16-8-12(9-22)6-7-15(16)27-11-18(24)21-20-17(23)10-26-14-5-3-2-4-13(14)19/h2-9H,10-11H2,1H3,(H,20,23)(H,21,24). The Bertz CT molecular complexity index is 827. The van der Waals surface area contributed by atoms with Crippen LogP contribution in [0.4, 0.5) is 0 Å². The number of halogens is 1. The number of rotatable bonds is 8. The molecule has 0 heterocycles. The lowest BCUT2D eigenvalue weighted by atomic mass is 10.2. The van der Waals surface area contributed by atoms with Crippen molar-refractivity contribution >= 4 is 29.7 Å². The number of carbonyl (C=O) groups is 3. The number of benzene rings is 2. The predicted octanol–water partition coefficient (Wildman–Crippen LogP) is 1.77. The minimum Gasteiger partial charge on any atom is -0.493 e. The Kier molecular flexibility index (Phi) is 7.45. The summed E-state index contributed by atoms with van der Waals surface area (Å²) in [6, 6.07) is 11.2. The molecule has 0 aliphatic rings. The van der Waals surface area contributed by atoms with Gasteiger partial charge in [-0.25, -0.2) is 0 Å². The molecule has 27 heavy (non-hydrogen) atoms. The van der Waals surface area contributed by atoms with Gasteiger partial charge in [-0.15, -0.1) is 0 Å². The van der Waals surface area contributed by atoms with Gasteiger partial charge in [-0.3, -0.25) is 25.2 Å². The van der Waals surface area contributed by atoms with Crippen molar-refractivity contribution < 1.29 is 28.6 Å². The molecule has 0 aromatic heterocycles. The van der Waals surface area contributed by atoms with E-state index in [0.29, 0.717) is 28.4 Å². The number of hydrogen-bond acceptors (Lipinski definition) is 6. The summed E-state index contributed by atoms with van der Waals surface area (Å²) >= 11 is 5.91. The van der Waals surface area contributed by atoms with E-state index in [1.807, 2.05) is 0 Å². The van der Waals surface area contributed by atoms with E-state index in [1.54, 1.807) is 24.3 Å². The molecule has 0 saturated heterocycles. The Morgan fingerprint density at radius 1 is 0.963 bits per heavy atom. The molecule has 0 spiro atoms. The number of hydrazine groups is 1. The molecule has 2 N–H and O–H groups in total. The van der Waals surface area contributed by atoms with Gasteiger partial charge in [-0.1, -0.05) is 23.7 Å². The Labute approximate surface area is 160 Å². The largest absolute Gasteiger partial charge is 0.493 e. The van der Waals surface area contributed by atoms with E-state index in [9.17, 15) is 14.4 Å². The van der Waals surface area contributed by atoms with Gasteiger partial charge in [-0.2, -0.15) is 0 Å². The van der Waals surface area contributed by atoms with Gasteiger partial charge in [0.05, 0.1) is 12.1 Å². The molecule has 0 fully saturated rings. The summed E-state index contributed by atoms with van der Waals surface area (Å²) in [5, 5.41) is 0.372. The highest BCUT2D eigenvalue weighted by molar-refractivity contribution is 6.32. The smallest absolute Gasteiger partial charge is 0.276 e. The summed E-state index contributed by atoms with van der Waals surface area (Å²) in [4.78, 5) is 34.2. The number of amides is 2. The lowest BCUT2D eigenvalue weighted by Gasteiger charge is -2.12. The van der Waals surface area contributed by atoms with E-state index in [1.165, 1.54) is 25.3 Å². The van der Waals surface area contributed by atoms with E-state index >= 15 is 0 Å². The second-order valence-electron chi connectivity index (χ2n) is 5.13. The second-order valence-corrected chi connectivity index (χ2v) is 5.54. The first kappa shape index (κ1) is 20.1. The average Bonchev–Trinajstić information content (AvgIpc) is 2.69. The molecular formula is C18H17ClN2O6. The molecule has 2 rings (SSSR count). The van der Waals surface area contributed by atoms with Crippen LogP contribution >= 0.6 is 11.6 Å². The number of methoxy groups -OCH3 is 1. The van der Waals surface area contributed by atoms with Crippen LogP contribution in [0.1, 0.15) is 10.4 Å². The maximum absolute atomic E-state index is 11.8. The molecule has 142 valence electrons. The molecule has 0 aliphatic heterocycles. The van der Waals surface area contributed by atoms with Crippen LogP contribution in [-0.4, -0.2) is 38.4 Å². The Balaban J connectivity index is 1.75. The van der Waals surface area contributed by atoms with Crippen LogP contribution in [-0.2, 0) is 9.59 Å². The van der Waals surface area contributed by atoms with Crippen molar-refractivity contribution in [3.05, 3.63) is 53.1 Å². The first-order valence-corrected chi connectivity index (χ1v) is 8.12. The van der Waals surface area contributed by atoms with Gasteiger partial charge in [0.15, 0.2) is 24.7 Å². The minimum atomic E-state index is -0.595. The molecule has 0 aliphatic carbocycles. The first-order valence-electron chi connectivity index (χ1n) is 7.74. The summed E-state index contributed by atoms with van der Waals surface area (Å²) in [6.45, 7) is -0.700. The highest BCUT2D eigenvalue weighted by Gasteiger charge is 2.10. The summed E-state index contributed by atoms with van der Waals surface area (Å²) in [5.74, 6) is -0.218. The van der Waals surface area contributed by atoms with Gasteiger partial charge < -0.3 is 14.2 Å². The lowest BCUT2D eigenvalue weighted by molar-refractivity contribution is -0.131. The maximum Gasteiger partial charge on any atom is 0.276 e. The highest BCUT2D eigenvalue weighted by Crippen LogP contribution is 2.27. The topological polar surface area (TPSA) is 103 Å². The molecule has 0 unspecified atom stereocenters. The monoisotopic (exact) mass is 392 g/mol. The molecule has 8 nitrogen and oxygen atoms in total. The van der Waals surface area contributed by atoms with Crippen LogP contribution in [0.3, 0.4) is 0 Å². The van der Waals surface area contributed by atoms with Crippen LogP contribution in [0.15, 0.2) is 42.5 Å². The predicted molar refractivity (Wildman–Crippen MR) is 97.1 cm³/mol. The number of ether oxygens (including phenoxy) is 3. The maximum atomic E-state index is 11.8. The molecule has 0 atom stereocenters. The number of para-hydroxylation sites is 1. The minimum absolute atomic E-state index is 0.284.